The van der Waals surface area contributed by atoms with Crippen molar-refractivity contribution in [2.75, 3.05) is 59.0 Å². The fraction of sp³-hybridized carbons (Fsp3) is 0.667. The third-order valence-corrected chi connectivity index (χ3v) is 5.65. The largest absolute Gasteiger partial charge is 0.494 e. The van der Waals surface area contributed by atoms with E-state index in [4.69, 9.17) is 4.74 Å². The van der Waals surface area contributed by atoms with Gasteiger partial charge >= 0.3 is 0 Å². The van der Waals surface area contributed by atoms with Crippen LogP contribution in [0.2, 0.25) is 0 Å². The van der Waals surface area contributed by atoms with Crippen LogP contribution in [-0.2, 0) is 4.79 Å². The number of ether oxygens (including phenoxy) is 1. The van der Waals surface area contributed by atoms with E-state index >= 15 is 0 Å². The molecule has 2 aliphatic rings. The quantitative estimate of drug-likeness (QED) is 0.700. The monoisotopic (exact) mass is 359 g/mol. The number of aryl methyl sites for hydroxylation is 2. The zero-order valence-corrected chi connectivity index (χ0v) is 16.4. The minimum Gasteiger partial charge on any atom is -0.494 e. The van der Waals surface area contributed by atoms with Gasteiger partial charge in [0.25, 0.3) is 0 Å². The first-order valence-electron chi connectivity index (χ1n) is 10.0. The van der Waals surface area contributed by atoms with E-state index < -0.39 is 0 Å². The van der Waals surface area contributed by atoms with Crippen LogP contribution in [0.1, 0.15) is 30.4 Å². The van der Waals surface area contributed by atoms with Crippen molar-refractivity contribution in [2.45, 2.75) is 33.1 Å². The molecule has 2 aliphatic heterocycles. The van der Waals surface area contributed by atoms with Gasteiger partial charge in [0.15, 0.2) is 0 Å². The van der Waals surface area contributed by atoms with E-state index in [1.54, 1.807) is 0 Å². The van der Waals surface area contributed by atoms with Crippen molar-refractivity contribution in [2.24, 2.45) is 0 Å². The Kier molecular flexibility index (Phi) is 6.92. The fourth-order valence-corrected chi connectivity index (χ4v) is 3.71. The molecule has 0 saturated carbocycles. The molecule has 5 nitrogen and oxygen atoms in total. The molecule has 2 saturated heterocycles. The molecule has 0 aromatic heterocycles. The van der Waals surface area contributed by atoms with Gasteiger partial charge < -0.3 is 14.5 Å². The molecular weight excluding hydrogens is 326 g/mol. The number of hydrogen-bond acceptors (Lipinski definition) is 4. The topological polar surface area (TPSA) is 36.0 Å². The van der Waals surface area contributed by atoms with Gasteiger partial charge in [0, 0.05) is 45.8 Å². The summed E-state index contributed by atoms with van der Waals surface area (Å²) < 4.78 is 5.88. The summed E-state index contributed by atoms with van der Waals surface area (Å²) in [6.07, 6.45) is 3.38. The first kappa shape index (κ1) is 19.2. The molecule has 0 aliphatic carbocycles. The second kappa shape index (κ2) is 9.38. The Bertz CT molecular complexity index is 591. The molecule has 5 heteroatoms. The maximum atomic E-state index is 12.2. The average Bonchev–Trinajstić information content (AvgIpc) is 3.18. The summed E-state index contributed by atoms with van der Waals surface area (Å²) in [6.45, 7) is 12.7. The van der Waals surface area contributed by atoms with E-state index in [2.05, 4.69) is 41.8 Å². The maximum Gasteiger partial charge on any atom is 0.236 e. The predicted octanol–water partition coefficient (Wildman–Crippen LogP) is 2.31. The van der Waals surface area contributed by atoms with Crippen molar-refractivity contribution in [3.05, 3.63) is 29.3 Å². The van der Waals surface area contributed by atoms with E-state index in [0.29, 0.717) is 12.5 Å². The molecule has 0 radical (unpaired) electrons. The van der Waals surface area contributed by atoms with Crippen molar-refractivity contribution >= 4 is 5.91 Å². The van der Waals surface area contributed by atoms with E-state index in [0.717, 1.165) is 64.6 Å². The van der Waals surface area contributed by atoms with Crippen LogP contribution in [0.5, 0.6) is 5.75 Å². The van der Waals surface area contributed by atoms with Crippen molar-refractivity contribution in [3.63, 3.8) is 0 Å². The van der Waals surface area contributed by atoms with Crippen molar-refractivity contribution in [1.29, 1.82) is 0 Å². The summed E-state index contributed by atoms with van der Waals surface area (Å²) in [6, 6.07) is 6.29. The van der Waals surface area contributed by atoms with Crippen LogP contribution in [0.4, 0.5) is 0 Å². The van der Waals surface area contributed by atoms with Crippen LogP contribution in [0, 0.1) is 13.8 Å². The zero-order chi connectivity index (χ0) is 18.4. The van der Waals surface area contributed by atoms with Crippen LogP contribution >= 0.6 is 0 Å². The minimum absolute atomic E-state index is 0.317. The Morgan fingerprint density at radius 2 is 1.65 bits per heavy atom. The summed E-state index contributed by atoms with van der Waals surface area (Å²) in [4.78, 5) is 19.1. The number of hydrogen-bond donors (Lipinski definition) is 0. The van der Waals surface area contributed by atoms with E-state index in [1.165, 1.54) is 24.0 Å². The Hall–Kier alpha value is -1.59. The van der Waals surface area contributed by atoms with Gasteiger partial charge in [-0.25, -0.2) is 0 Å². The lowest BCUT2D eigenvalue weighted by molar-refractivity contribution is -0.131. The smallest absolute Gasteiger partial charge is 0.236 e. The standard InChI is InChI=1S/C21H33N3O2/c1-18-6-7-20(16-19(18)2)26-15-5-8-22-11-13-23(14-12-22)17-21(25)24-9-3-4-10-24/h6-7,16H,3-5,8-15,17H2,1-2H3. The molecule has 0 unspecified atom stereocenters. The van der Waals surface area contributed by atoms with Crippen LogP contribution in [-0.4, -0.2) is 79.6 Å². The lowest BCUT2D eigenvalue weighted by atomic mass is 10.1. The summed E-state index contributed by atoms with van der Waals surface area (Å²) in [5, 5.41) is 0. The number of rotatable bonds is 7. The highest BCUT2D eigenvalue weighted by Gasteiger charge is 2.23. The molecule has 0 N–H and O–H groups in total. The van der Waals surface area contributed by atoms with Crippen molar-refractivity contribution in [3.8, 4) is 5.75 Å². The number of carbonyl (C=O) groups excluding carboxylic acids is 1. The van der Waals surface area contributed by atoms with Crippen molar-refractivity contribution < 1.29 is 9.53 Å². The highest BCUT2D eigenvalue weighted by atomic mass is 16.5. The van der Waals surface area contributed by atoms with Gasteiger partial charge in [-0.3, -0.25) is 9.69 Å². The van der Waals surface area contributed by atoms with Crippen molar-refractivity contribution in [1.82, 2.24) is 14.7 Å². The molecule has 1 aromatic rings. The molecule has 2 fully saturated rings. The molecule has 0 spiro atoms. The second-order valence-electron chi connectivity index (χ2n) is 7.65. The van der Waals surface area contributed by atoms with Crippen LogP contribution in [0.15, 0.2) is 18.2 Å². The number of nitrogens with zero attached hydrogens (tertiary/aromatic N) is 3. The van der Waals surface area contributed by atoms with Gasteiger partial charge in [0.05, 0.1) is 13.2 Å². The first-order valence-corrected chi connectivity index (χ1v) is 10.0. The number of benzene rings is 1. The Labute approximate surface area is 157 Å². The molecule has 144 valence electrons. The van der Waals surface area contributed by atoms with E-state index in [1.807, 2.05) is 4.90 Å². The van der Waals surface area contributed by atoms with Crippen LogP contribution in [0.25, 0.3) is 0 Å². The van der Waals surface area contributed by atoms with Gasteiger partial charge in [-0.15, -0.1) is 0 Å². The first-order chi connectivity index (χ1) is 12.6. The van der Waals surface area contributed by atoms with Gasteiger partial charge in [-0.05, 0) is 56.4 Å². The molecule has 26 heavy (non-hydrogen) atoms. The molecular formula is C21H33N3O2. The van der Waals surface area contributed by atoms with Gasteiger partial charge in [0.1, 0.15) is 5.75 Å². The molecule has 3 rings (SSSR count). The molecule has 0 atom stereocenters. The maximum absolute atomic E-state index is 12.2. The minimum atomic E-state index is 0.317. The molecule has 1 amide bonds. The Morgan fingerprint density at radius 1 is 0.962 bits per heavy atom. The predicted molar refractivity (Wildman–Crippen MR) is 105 cm³/mol. The van der Waals surface area contributed by atoms with Gasteiger partial charge in [-0.2, -0.15) is 0 Å². The highest BCUT2D eigenvalue weighted by molar-refractivity contribution is 5.78. The third-order valence-electron chi connectivity index (χ3n) is 5.65. The van der Waals surface area contributed by atoms with E-state index in [9.17, 15) is 4.79 Å². The summed E-state index contributed by atoms with van der Waals surface area (Å²) in [5.74, 6) is 1.29. The van der Waals surface area contributed by atoms with Crippen LogP contribution in [0.3, 0.4) is 0 Å². The number of amides is 1. The summed E-state index contributed by atoms with van der Waals surface area (Å²) in [5.41, 5.74) is 2.58. The second-order valence-corrected chi connectivity index (χ2v) is 7.65. The summed E-state index contributed by atoms with van der Waals surface area (Å²) in [7, 11) is 0. The SMILES string of the molecule is Cc1ccc(OCCCN2CCN(CC(=O)N3CCCC3)CC2)cc1C. The lowest BCUT2D eigenvalue weighted by Crippen LogP contribution is -2.50. The Balaban J connectivity index is 1.29. The average molecular weight is 360 g/mol. The summed E-state index contributed by atoms with van der Waals surface area (Å²) >= 11 is 0. The lowest BCUT2D eigenvalue weighted by Gasteiger charge is -2.35. The number of carbonyl (C=O) groups is 1. The molecule has 0 bridgehead atoms. The normalized spacial score (nSPS) is 19.1. The van der Waals surface area contributed by atoms with Gasteiger partial charge in [-0.1, -0.05) is 6.07 Å². The number of piperazine rings is 1. The Morgan fingerprint density at radius 3 is 2.35 bits per heavy atom. The molecule has 2 heterocycles. The molecule has 1 aromatic carbocycles. The highest BCUT2D eigenvalue weighted by Crippen LogP contribution is 2.16. The zero-order valence-electron chi connectivity index (χ0n) is 16.4. The van der Waals surface area contributed by atoms with Gasteiger partial charge in [0.2, 0.25) is 5.91 Å². The fourth-order valence-electron chi connectivity index (χ4n) is 3.71. The van der Waals surface area contributed by atoms with Crippen LogP contribution < -0.4 is 4.74 Å². The number of likely N-dealkylation sites (tertiary alicyclic amines) is 1. The third kappa shape index (κ3) is 5.45. The van der Waals surface area contributed by atoms with E-state index in [-0.39, 0.29) is 0 Å².